The van der Waals surface area contributed by atoms with Crippen LogP contribution >= 0.6 is 11.6 Å². The molecule has 1 heterocycles. The Hall–Kier alpha value is -1.39. The van der Waals surface area contributed by atoms with Gasteiger partial charge in [0.25, 0.3) is 11.7 Å². The van der Waals surface area contributed by atoms with Gasteiger partial charge in [-0.25, -0.2) is 0 Å². The van der Waals surface area contributed by atoms with Crippen LogP contribution in [0.2, 0.25) is 5.02 Å². The highest BCUT2D eigenvalue weighted by molar-refractivity contribution is 6.52. The molecule has 17 heavy (non-hydrogen) atoms. The Morgan fingerprint density at radius 3 is 2.71 bits per heavy atom. The van der Waals surface area contributed by atoms with E-state index in [0.29, 0.717) is 35.7 Å². The van der Waals surface area contributed by atoms with Crippen LogP contribution in [0.15, 0.2) is 18.2 Å². The molecular weight excluding hydrogens is 242 g/mol. The first-order valence-corrected chi connectivity index (χ1v) is 5.79. The van der Waals surface area contributed by atoms with Gasteiger partial charge in [-0.3, -0.25) is 9.59 Å². The Labute approximate surface area is 104 Å². The number of nitrogens with zero attached hydrogens (tertiary/aromatic N) is 1. The second-order valence-electron chi connectivity index (χ2n) is 3.88. The molecule has 0 spiro atoms. The van der Waals surface area contributed by atoms with Crippen LogP contribution < -0.4 is 4.90 Å². The van der Waals surface area contributed by atoms with E-state index < -0.39 is 11.7 Å². The number of aliphatic hydroxyl groups excluding tert-OH is 1. The molecule has 1 aromatic carbocycles. The molecule has 0 atom stereocenters. The van der Waals surface area contributed by atoms with Gasteiger partial charge in [-0.05, 0) is 31.0 Å². The third-order valence-corrected chi connectivity index (χ3v) is 2.96. The predicted octanol–water partition coefficient (Wildman–Crippen LogP) is 1.64. The lowest BCUT2D eigenvalue weighted by Gasteiger charge is -2.15. The average Bonchev–Trinajstić information content (AvgIpc) is 2.54. The van der Waals surface area contributed by atoms with Crippen molar-refractivity contribution in [1.82, 2.24) is 0 Å². The molecule has 0 bridgehead atoms. The van der Waals surface area contributed by atoms with Crippen molar-refractivity contribution >= 4 is 29.0 Å². The quantitative estimate of drug-likeness (QED) is 0.656. The number of carbonyl (C=O) groups excluding carboxylic acids is 2. The zero-order valence-corrected chi connectivity index (χ0v) is 9.91. The third kappa shape index (κ3) is 2.18. The minimum Gasteiger partial charge on any atom is -0.396 e. The van der Waals surface area contributed by atoms with Gasteiger partial charge < -0.3 is 10.0 Å². The zero-order chi connectivity index (χ0) is 12.4. The number of hydrogen-bond acceptors (Lipinski definition) is 3. The molecule has 0 aliphatic carbocycles. The maximum atomic E-state index is 11.7. The number of carbonyl (C=O) groups is 2. The van der Waals surface area contributed by atoms with E-state index in [1.807, 2.05) is 0 Å². The number of Topliss-reactive ketones (excluding diaryl/α,β-unsaturated/α-hetero) is 1. The summed E-state index contributed by atoms with van der Waals surface area (Å²) in [6.07, 6.45) is 1.28. The SMILES string of the molecule is O=C1C(=O)N(CCCCO)c2ccc(Cl)cc21. The molecule has 0 radical (unpaired) electrons. The summed E-state index contributed by atoms with van der Waals surface area (Å²) in [7, 11) is 0. The fourth-order valence-corrected chi connectivity index (χ4v) is 2.05. The summed E-state index contributed by atoms with van der Waals surface area (Å²) in [5.41, 5.74) is 0.980. The number of amides is 1. The predicted molar refractivity (Wildman–Crippen MR) is 64.5 cm³/mol. The Bertz CT molecular complexity index is 473. The molecule has 0 fully saturated rings. The van der Waals surface area contributed by atoms with Gasteiger partial charge in [-0.2, -0.15) is 0 Å². The number of fused-ring (bicyclic) bond motifs is 1. The van der Waals surface area contributed by atoms with Crippen molar-refractivity contribution in [2.75, 3.05) is 18.1 Å². The van der Waals surface area contributed by atoms with Crippen molar-refractivity contribution in [3.63, 3.8) is 0 Å². The van der Waals surface area contributed by atoms with Crippen LogP contribution in [-0.4, -0.2) is 29.9 Å². The lowest BCUT2D eigenvalue weighted by atomic mass is 10.1. The van der Waals surface area contributed by atoms with Crippen LogP contribution in [0.25, 0.3) is 0 Å². The molecule has 0 aromatic heterocycles. The lowest BCUT2D eigenvalue weighted by molar-refractivity contribution is -0.114. The topological polar surface area (TPSA) is 57.6 Å². The van der Waals surface area contributed by atoms with E-state index in [2.05, 4.69) is 0 Å². The summed E-state index contributed by atoms with van der Waals surface area (Å²) in [5, 5.41) is 9.15. The number of aliphatic hydroxyl groups is 1. The Balaban J connectivity index is 2.25. The summed E-state index contributed by atoms with van der Waals surface area (Å²) in [6, 6.07) is 4.86. The minimum absolute atomic E-state index is 0.0868. The Kier molecular flexibility index (Phi) is 3.45. The number of halogens is 1. The van der Waals surface area contributed by atoms with Crippen LogP contribution in [0.3, 0.4) is 0 Å². The first kappa shape index (κ1) is 12.1. The van der Waals surface area contributed by atoms with Crippen LogP contribution in [0.1, 0.15) is 23.2 Å². The molecule has 0 saturated carbocycles. The van der Waals surface area contributed by atoms with Crippen LogP contribution in [0.5, 0.6) is 0 Å². The van der Waals surface area contributed by atoms with Gasteiger partial charge in [0, 0.05) is 18.2 Å². The van der Waals surface area contributed by atoms with E-state index in [0.717, 1.165) is 0 Å². The van der Waals surface area contributed by atoms with Crippen molar-refractivity contribution < 1.29 is 14.7 Å². The first-order chi connectivity index (χ1) is 8.15. The van der Waals surface area contributed by atoms with Crippen molar-refractivity contribution in [3.8, 4) is 0 Å². The smallest absolute Gasteiger partial charge is 0.299 e. The molecule has 90 valence electrons. The molecule has 1 aliphatic rings. The summed E-state index contributed by atoms with van der Waals surface area (Å²) >= 11 is 5.80. The van der Waals surface area contributed by atoms with Gasteiger partial charge in [0.2, 0.25) is 0 Å². The number of hydrogen-bond donors (Lipinski definition) is 1. The molecule has 2 rings (SSSR count). The molecule has 0 saturated heterocycles. The molecule has 5 heteroatoms. The standard InChI is InChI=1S/C12H12ClNO3/c13-8-3-4-10-9(7-8)11(16)12(17)14(10)5-1-2-6-15/h3-4,7,15H,1-2,5-6H2. The highest BCUT2D eigenvalue weighted by Crippen LogP contribution is 2.31. The highest BCUT2D eigenvalue weighted by Gasteiger charge is 2.35. The molecule has 4 nitrogen and oxygen atoms in total. The average molecular weight is 254 g/mol. The van der Waals surface area contributed by atoms with E-state index in [9.17, 15) is 9.59 Å². The monoisotopic (exact) mass is 253 g/mol. The van der Waals surface area contributed by atoms with Gasteiger partial charge in [0.1, 0.15) is 0 Å². The second kappa shape index (κ2) is 4.85. The van der Waals surface area contributed by atoms with Crippen molar-refractivity contribution in [2.24, 2.45) is 0 Å². The largest absolute Gasteiger partial charge is 0.396 e. The third-order valence-electron chi connectivity index (χ3n) is 2.72. The number of ketones is 1. The van der Waals surface area contributed by atoms with Crippen molar-refractivity contribution in [3.05, 3.63) is 28.8 Å². The van der Waals surface area contributed by atoms with E-state index in [-0.39, 0.29) is 6.61 Å². The number of unbranched alkanes of at least 4 members (excludes halogenated alkanes) is 1. The maximum Gasteiger partial charge on any atom is 0.299 e. The van der Waals surface area contributed by atoms with E-state index in [1.54, 1.807) is 12.1 Å². The molecule has 1 N–H and O–H groups in total. The lowest BCUT2D eigenvalue weighted by Crippen LogP contribution is -2.30. The number of anilines is 1. The molecule has 1 aromatic rings. The second-order valence-corrected chi connectivity index (χ2v) is 4.31. The normalized spacial score (nSPS) is 14.4. The summed E-state index contributed by atoms with van der Waals surface area (Å²) in [4.78, 5) is 24.9. The van der Waals surface area contributed by atoms with Gasteiger partial charge in [-0.1, -0.05) is 11.6 Å². The summed E-state index contributed by atoms with van der Waals surface area (Å²) in [5.74, 6) is -1.02. The van der Waals surface area contributed by atoms with Crippen LogP contribution in [0.4, 0.5) is 5.69 Å². The van der Waals surface area contributed by atoms with E-state index in [4.69, 9.17) is 16.7 Å². The van der Waals surface area contributed by atoms with Crippen LogP contribution in [0, 0.1) is 0 Å². The van der Waals surface area contributed by atoms with E-state index in [1.165, 1.54) is 11.0 Å². The molecule has 0 unspecified atom stereocenters. The van der Waals surface area contributed by atoms with Crippen molar-refractivity contribution in [1.29, 1.82) is 0 Å². The maximum absolute atomic E-state index is 11.7. The number of rotatable bonds is 4. The van der Waals surface area contributed by atoms with Crippen molar-refractivity contribution in [2.45, 2.75) is 12.8 Å². The fourth-order valence-electron chi connectivity index (χ4n) is 1.88. The zero-order valence-electron chi connectivity index (χ0n) is 9.15. The highest BCUT2D eigenvalue weighted by atomic mass is 35.5. The number of benzene rings is 1. The van der Waals surface area contributed by atoms with Gasteiger partial charge in [0.05, 0.1) is 11.3 Å². The summed E-state index contributed by atoms with van der Waals surface area (Å²) in [6.45, 7) is 0.531. The van der Waals surface area contributed by atoms with E-state index >= 15 is 0 Å². The fraction of sp³-hybridized carbons (Fsp3) is 0.333. The molecular formula is C12H12ClNO3. The molecule has 1 amide bonds. The van der Waals surface area contributed by atoms with Gasteiger partial charge >= 0.3 is 0 Å². The van der Waals surface area contributed by atoms with Gasteiger partial charge in [-0.15, -0.1) is 0 Å². The molecule has 1 aliphatic heterocycles. The summed E-state index contributed by atoms with van der Waals surface area (Å²) < 4.78 is 0. The van der Waals surface area contributed by atoms with Crippen LogP contribution in [-0.2, 0) is 4.79 Å². The van der Waals surface area contributed by atoms with Gasteiger partial charge in [0.15, 0.2) is 0 Å². The first-order valence-electron chi connectivity index (χ1n) is 5.41. The Morgan fingerprint density at radius 1 is 1.24 bits per heavy atom. The Morgan fingerprint density at radius 2 is 2.00 bits per heavy atom. The minimum atomic E-state index is -0.514.